The molecule has 0 atom stereocenters. The van der Waals surface area contributed by atoms with E-state index in [0.29, 0.717) is 9.53 Å². The molecule has 0 radical (unpaired) electrons. The quantitative estimate of drug-likeness (QED) is 0.486. The van der Waals surface area contributed by atoms with E-state index in [1.165, 1.54) is 6.08 Å². The molecule has 0 bridgehead atoms. The van der Waals surface area contributed by atoms with Crippen LogP contribution in [0.1, 0.15) is 18.2 Å². The number of nitrogens with one attached hydrogen (secondary N) is 1. The molecule has 4 nitrogen and oxygen atoms in total. The maximum absolute atomic E-state index is 12.2. The summed E-state index contributed by atoms with van der Waals surface area (Å²) in [4.78, 5) is 12.2. The van der Waals surface area contributed by atoms with Gasteiger partial charge in [-0.2, -0.15) is 5.26 Å². The van der Waals surface area contributed by atoms with Crippen LogP contribution in [-0.4, -0.2) is 5.91 Å². The minimum Gasteiger partial charge on any atom is -0.451 e. The van der Waals surface area contributed by atoms with Gasteiger partial charge in [-0.3, -0.25) is 4.79 Å². The zero-order valence-corrected chi connectivity index (χ0v) is 13.5. The molecule has 0 spiro atoms. The summed E-state index contributed by atoms with van der Waals surface area (Å²) < 4.78 is 6.04. The number of furan rings is 1. The SMILES string of the molecule is CCc1ccccc1NC(=O)/C(C#N)=C\c1ccc(I)o1. The molecule has 1 amide bonds. The van der Waals surface area contributed by atoms with Gasteiger partial charge in [0.05, 0.1) is 0 Å². The van der Waals surface area contributed by atoms with Gasteiger partial charge in [-0.05, 0) is 52.8 Å². The van der Waals surface area contributed by atoms with Gasteiger partial charge in [-0.15, -0.1) is 0 Å². The van der Waals surface area contributed by atoms with Crippen LogP contribution in [0.5, 0.6) is 0 Å². The lowest BCUT2D eigenvalue weighted by atomic mass is 10.1. The minimum atomic E-state index is -0.440. The van der Waals surface area contributed by atoms with Gasteiger partial charge < -0.3 is 9.73 Å². The maximum atomic E-state index is 12.2. The third-order valence-corrected chi connectivity index (χ3v) is 3.47. The summed E-state index contributed by atoms with van der Waals surface area (Å²) in [6.45, 7) is 2.01. The van der Waals surface area contributed by atoms with Gasteiger partial charge in [-0.25, -0.2) is 0 Å². The Morgan fingerprint density at radius 2 is 2.14 bits per heavy atom. The van der Waals surface area contributed by atoms with Crippen molar-refractivity contribution in [2.75, 3.05) is 5.32 Å². The normalized spacial score (nSPS) is 11.0. The Bertz CT molecular complexity index is 726. The smallest absolute Gasteiger partial charge is 0.266 e. The van der Waals surface area contributed by atoms with Crippen molar-refractivity contribution in [2.45, 2.75) is 13.3 Å². The summed E-state index contributed by atoms with van der Waals surface area (Å²) in [5.74, 6) is 0.0414. The first-order chi connectivity index (χ1) is 10.1. The molecule has 1 heterocycles. The molecule has 1 aromatic carbocycles. The molecule has 0 saturated heterocycles. The molecule has 1 aromatic heterocycles. The van der Waals surface area contributed by atoms with Gasteiger partial charge in [0, 0.05) is 11.8 Å². The number of hydrogen-bond donors (Lipinski definition) is 1. The number of aryl methyl sites for hydroxylation is 1. The monoisotopic (exact) mass is 392 g/mol. The number of para-hydroxylation sites is 1. The molecule has 5 heteroatoms. The van der Waals surface area contributed by atoms with Gasteiger partial charge in [0.2, 0.25) is 0 Å². The number of nitrogens with zero attached hydrogens (tertiary/aromatic N) is 1. The molecule has 0 saturated carbocycles. The first-order valence-electron chi connectivity index (χ1n) is 6.40. The number of halogens is 1. The summed E-state index contributed by atoms with van der Waals surface area (Å²) >= 11 is 2.03. The summed E-state index contributed by atoms with van der Waals surface area (Å²) in [5, 5.41) is 11.9. The number of hydrogen-bond acceptors (Lipinski definition) is 3. The molecule has 2 aromatic rings. The van der Waals surface area contributed by atoms with Crippen LogP contribution in [0.3, 0.4) is 0 Å². The summed E-state index contributed by atoms with van der Waals surface area (Å²) in [6, 6.07) is 12.9. The van der Waals surface area contributed by atoms with Crippen molar-refractivity contribution in [2.24, 2.45) is 0 Å². The number of carbonyl (C=O) groups excluding carboxylic acids is 1. The van der Waals surface area contributed by atoms with Crippen molar-refractivity contribution in [3.8, 4) is 6.07 Å². The number of amides is 1. The molecule has 106 valence electrons. The van der Waals surface area contributed by atoms with Crippen molar-refractivity contribution in [3.63, 3.8) is 0 Å². The van der Waals surface area contributed by atoms with E-state index < -0.39 is 5.91 Å². The standard InChI is InChI=1S/C16H13IN2O2/c1-2-11-5-3-4-6-14(11)19-16(20)12(10-18)9-13-7-8-15(17)21-13/h3-9H,2H2,1H3,(H,19,20)/b12-9-. The molecular formula is C16H13IN2O2. The molecule has 1 N–H and O–H groups in total. The number of anilines is 1. The molecular weight excluding hydrogens is 379 g/mol. The second kappa shape index (κ2) is 7.09. The van der Waals surface area contributed by atoms with Gasteiger partial charge in [-0.1, -0.05) is 25.1 Å². The summed E-state index contributed by atoms with van der Waals surface area (Å²) in [6.07, 6.45) is 2.24. The lowest BCUT2D eigenvalue weighted by Crippen LogP contribution is -2.14. The topological polar surface area (TPSA) is 66.0 Å². The van der Waals surface area contributed by atoms with Crippen LogP contribution in [0.15, 0.2) is 46.4 Å². The second-order valence-corrected chi connectivity index (χ2v) is 5.34. The van der Waals surface area contributed by atoms with E-state index in [2.05, 4.69) is 5.32 Å². The third kappa shape index (κ3) is 3.95. The fraction of sp³-hybridized carbons (Fsp3) is 0.125. The summed E-state index contributed by atoms with van der Waals surface area (Å²) in [7, 11) is 0. The largest absolute Gasteiger partial charge is 0.451 e. The molecule has 2 rings (SSSR count). The van der Waals surface area contributed by atoms with Crippen LogP contribution < -0.4 is 5.32 Å². The molecule has 0 aliphatic rings. The van der Waals surface area contributed by atoms with E-state index in [-0.39, 0.29) is 5.57 Å². The molecule has 0 aliphatic carbocycles. The van der Waals surface area contributed by atoms with Gasteiger partial charge in [0.1, 0.15) is 17.4 Å². The van der Waals surface area contributed by atoms with Crippen molar-refractivity contribution in [1.82, 2.24) is 0 Å². The first kappa shape index (κ1) is 15.3. The van der Waals surface area contributed by atoms with Crippen LogP contribution in [0.4, 0.5) is 5.69 Å². The summed E-state index contributed by atoms with van der Waals surface area (Å²) in [5.41, 5.74) is 1.75. The minimum absolute atomic E-state index is 0.00616. The van der Waals surface area contributed by atoms with Crippen LogP contribution in [-0.2, 0) is 11.2 Å². The average molecular weight is 392 g/mol. The Morgan fingerprint density at radius 3 is 2.76 bits per heavy atom. The zero-order chi connectivity index (χ0) is 15.2. The van der Waals surface area contributed by atoms with Gasteiger partial charge in [0.25, 0.3) is 5.91 Å². The Morgan fingerprint density at radius 1 is 1.38 bits per heavy atom. The lowest BCUT2D eigenvalue weighted by molar-refractivity contribution is -0.112. The van der Waals surface area contributed by atoms with Crippen molar-refractivity contribution < 1.29 is 9.21 Å². The molecule has 0 fully saturated rings. The van der Waals surface area contributed by atoms with E-state index in [9.17, 15) is 4.79 Å². The number of nitriles is 1. The van der Waals surface area contributed by atoms with E-state index >= 15 is 0 Å². The van der Waals surface area contributed by atoms with E-state index in [1.807, 2.05) is 59.8 Å². The highest BCUT2D eigenvalue weighted by Crippen LogP contribution is 2.18. The average Bonchev–Trinajstić information content (AvgIpc) is 2.90. The van der Waals surface area contributed by atoms with Crippen LogP contribution in [0, 0.1) is 15.1 Å². The van der Waals surface area contributed by atoms with Crippen LogP contribution in [0.2, 0.25) is 0 Å². The first-order valence-corrected chi connectivity index (χ1v) is 7.48. The Kier molecular flexibility index (Phi) is 5.17. The van der Waals surface area contributed by atoms with E-state index in [0.717, 1.165) is 17.7 Å². The highest BCUT2D eigenvalue weighted by Gasteiger charge is 2.12. The Labute approximate surface area is 136 Å². The Balaban J connectivity index is 2.22. The predicted molar refractivity (Wildman–Crippen MR) is 89.5 cm³/mol. The Hall–Kier alpha value is -2.07. The van der Waals surface area contributed by atoms with Crippen molar-refractivity contribution in [1.29, 1.82) is 5.26 Å². The molecule has 0 aliphatic heterocycles. The predicted octanol–water partition coefficient (Wildman–Crippen LogP) is 3.99. The number of carbonyl (C=O) groups is 1. The van der Waals surface area contributed by atoms with Gasteiger partial charge in [0.15, 0.2) is 3.77 Å². The number of benzene rings is 1. The lowest BCUT2D eigenvalue weighted by Gasteiger charge is -2.08. The van der Waals surface area contributed by atoms with E-state index in [4.69, 9.17) is 9.68 Å². The third-order valence-electron chi connectivity index (χ3n) is 2.89. The van der Waals surface area contributed by atoms with E-state index in [1.54, 1.807) is 12.1 Å². The van der Waals surface area contributed by atoms with Crippen LogP contribution >= 0.6 is 22.6 Å². The molecule has 0 unspecified atom stereocenters. The fourth-order valence-electron chi connectivity index (χ4n) is 1.84. The van der Waals surface area contributed by atoms with Crippen molar-refractivity contribution in [3.05, 3.63) is 57.1 Å². The zero-order valence-electron chi connectivity index (χ0n) is 11.4. The highest BCUT2D eigenvalue weighted by molar-refractivity contribution is 14.1. The van der Waals surface area contributed by atoms with Crippen molar-refractivity contribution >= 4 is 40.3 Å². The van der Waals surface area contributed by atoms with Gasteiger partial charge >= 0.3 is 0 Å². The fourth-order valence-corrected chi connectivity index (χ4v) is 2.27. The van der Waals surface area contributed by atoms with Crippen LogP contribution in [0.25, 0.3) is 6.08 Å². The second-order valence-electron chi connectivity index (χ2n) is 4.28. The maximum Gasteiger partial charge on any atom is 0.266 e. The number of rotatable bonds is 4. The molecule has 21 heavy (non-hydrogen) atoms. The highest BCUT2D eigenvalue weighted by atomic mass is 127.